The van der Waals surface area contributed by atoms with Crippen molar-refractivity contribution in [2.45, 2.75) is 13.8 Å². The maximum atomic E-state index is 11.1. The highest BCUT2D eigenvalue weighted by Crippen LogP contribution is 2.34. The fourth-order valence-corrected chi connectivity index (χ4v) is 1.42. The monoisotopic (exact) mass is 177 g/mol. The topological polar surface area (TPSA) is 29.5 Å². The second kappa shape index (κ2) is 2.76. The third-order valence-corrected chi connectivity index (χ3v) is 2.14. The summed E-state index contributed by atoms with van der Waals surface area (Å²) in [6.07, 6.45) is 0. The Morgan fingerprint density at radius 2 is 2.31 bits per heavy atom. The number of anilines is 1. The molecule has 68 valence electrons. The molecule has 0 atom stereocenters. The molecule has 0 bridgehead atoms. The lowest BCUT2D eigenvalue weighted by molar-refractivity contribution is -0.116. The Kier molecular flexibility index (Phi) is 1.72. The number of carbonyl (C=O) groups excluding carboxylic acids is 1. The van der Waals surface area contributed by atoms with Crippen LogP contribution in [0, 0.1) is 6.92 Å². The molecule has 0 aliphatic carbocycles. The first-order valence-corrected chi connectivity index (χ1v) is 4.20. The minimum Gasteiger partial charge on any atom is -0.470 e. The zero-order valence-corrected chi connectivity index (χ0v) is 7.70. The number of rotatable bonds is 0. The second-order valence-electron chi connectivity index (χ2n) is 3.19. The van der Waals surface area contributed by atoms with Gasteiger partial charge in [-0.05, 0) is 24.6 Å². The molecule has 0 saturated heterocycles. The van der Waals surface area contributed by atoms with E-state index >= 15 is 0 Å². The Bertz CT molecular complexity index is 360. The van der Waals surface area contributed by atoms with Crippen LogP contribution in [0.2, 0.25) is 0 Å². The number of hydrogen-bond donors (Lipinski definition) is 0. The van der Waals surface area contributed by atoms with E-state index in [-0.39, 0.29) is 5.91 Å². The van der Waals surface area contributed by atoms with Gasteiger partial charge in [-0.2, -0.15) is 0 Å². The fourth-order valence-electron chi connectivity index (χ4n) is 1.42. The quantitative estimate of drug-likeness (QED) is 0.603. The molecule has 0 radical (unpaired) electrons. The van der Waals surface area contributed by atoms with Gasteiger partial charge in [0.05, 0.1) is 5.69 Å². The molecule has 3 nitrogen and oxygen atoms in total. The summed E-state index contributed by atoms with van der Waals surface area (Å²) in [6.45, 7) is 3.88. The van der Waals surface area contributed by atoms with Gasteiger partial charge in [-0.15, -0.1) is 0 Å². The Hall–Kier alpha value is -1.51. The van der Waals surface area contributed by atoms with Crippen LogP contribution in [0.15, 0.2) is 18.2 Å². The largest absolute Gasteiger partial charge is 0.470 e. The molecule has 0 N–H and O–H groups in total. The van der Waals surface area contributed by atoms with Gasteiger partial charge in [0.1, 0.15) is 5.75 Å². The number of fused-ring (bicyclic) bond motifs is 1. The number of amides is 1. The minimum absolute atomic E-state index is 0.0163. The average molecular weight is 177 g/mol. The molecule has 1 aliphatic heterocycles. The van der Waals surface area contributed by atoms with Gasteiger partial charge in [0.2, 0.25) is 5.91 Å². The second-order valence-corrected chi connectivity index (χ2v) is 3.19. The van der Waals surface area contributed by atoms with Crippen molar-refractivity contribution >= 4 is 11.6 Å². The number of nitrogens with zero attached hydrogens (tertiary/aromatic N) is 1. The van der Waals surface area contributed by atoms with Crippen molar-refractivity contribution in [2.75, 3.05) is 11.6 Å². The molecular weight excluding hydrogens is 166 g/mol. The summed E-state index contributed by atoms with van der Waals surface area (Å²) in [5.41, 5.74) is 2.02. The predicted octanol–water partition coefficient (Wildman–Crippen LogP) is 1.70. The molecule has 13 heavy (non-hydrogen) atoms. The van der Waals surface area contributed by atoms with E-state index in [9.17, 15) is 4.79 Å². The van der Waals surface area contributed by atoms with Crippen LogP contribution < -0.4 is 9.64 Å². The summed E-state index contributed by atoms with van der Waals surface area (Å²) in [6, 6.07) is 5.83. The molecule has 3 heteroatoms. The third kappa shape index (κ3) is 1.26. The molecule has 0 aromatic heterocycles. The lowest BCUT2D eigenvalue weighted by atomic mass is 10.2. The number of aryl methyl sites for hydroxylation is 1. The molecule has 0 fully saturated rings. The van der Waals surface area contributed by atoms with Gasteiger partial charge in [0.25, 0.3) is 0 Å². The zero-order chi connectivity index (χ0) is 9.42. The highest BCUT2D eigenvalue weighted by molar-refractivity contribution is 5.94. The van der Waals surface area contributed by atoms with Crippen molar-refractivity contribution in [3.05, 3.63) is 23.8 Å². The number of benzene rings is 1. The van der Waals surface area contributed by atoms with E-state index in [1.165, 1.54) is 6.92 Å². The molecule has 0 unspecified atom stereocenters. The summed E-state index contributed by atoms with van der Waals surface area (Å²) in [5, 5.41) is 0. The molecular formula is C10H11NO2. The van der Waals surface area contributed by atoms with Crippen LogP contribution in [-0.4, -0.2) is 12.6 Å². The smallest absolute Gasteiger partial charge is 0.226 e. The van der Waals surface area contributed by atoms with Gasteiger partial charge in [-0.1, -0.05) is 6.07 Å². The van der Waals surface area contributed by atoms with Crippen LogP contribution >= 0.6 is 0 Å². The first-order chi connectivity index (χ1) is 6.18. The fraction of sp³-hybridized carbons (Fsp3) is 0.300. The van der Waals surface area contributed by atoms with Gasteiger partial charge >= 0.3 is 0 Å². The van der Waals surface area contributed by atoms with Crippen LogP contribution in [0.5, 0.6) is 5.75 Å². The van der Waals surface area contributed by atoms with Crippen LogP contribution in [0.4, 0.5) is 5.69 Å². The number of ether oxygens (including phenoxy) is 1. The molecule has 1 aromatic rings. The minimum atomic E-state index is 0.0163. The Morgan fingerprint density at radius 3 is 3.00 bits per heavy atom. The van der Waals surface area contributed by atoms with Crippen LogP contribution in [0.3, 0.4) is 0 Å². The van der Waals surface area contributed by atoms with Gasteiger partial charge < -0.3 is 4.74 Å². The molecule has 1 aromatic carbocycles. The van der Waals surface area contributed by atoms with Gasteiger partial charge in [0, 0.05) is 6.92 Å². The summed E-state index contributed by atoms with van der Waals surface area (Å²) in [5.74, 6) is 0.817. The first kappa shape index (κ1) is 8.10. The Labute approximate surface area is 76.9 Å². The first-order valence-electron chi connectivity index (χ1n) is 4.20. The van der Waals surface area contributed by atoms with Gasteiger partial charge in [-0.3, -0.25) is 9.69 Å². The van der Waals surface area contributed by atoms with Gasteiger partial charge in [-0.25, -0.2) is 0 Å². The van der Waals surface area contributed by atoms with Crippen LogP contribution in [0.25, 0.3) is 0 Å². The van der Waals surface area contributed by atoms with Crippen LogP contribution in [0.1, 0.15) is 12.5 Å². The molecule has 1 amide bonds. The molecule has 2 rings (SSSR count). The van der Waals surface area contributed by atoms with E-state index in [1.54, 1.807) is 4.90 Å². The van der Waals surface area contributed by atoms with Crippen molar-refractivity contribution in [3.63, 3.8) is 0 Å². The van der Waals surface area contributed by atoms with Crippen molar-refractivity contribution in [2.24, 2.45) is 0 Å². The normalized spacial score (nSPS) is 13.8. The van der Waals surface area contributed by atoms with E-state index in [0.29, 0.717) is 6.73 Å². The molecule has 0 saturated carbocycles. The van der Waals surface area contributed by atoms with Crippen molar-refractivity contribution in [1.29, 1.82) is 0 Å². The molecule has 1 heterocycles. The summed E-state index contributed by atoms with van der Waals surface area (Å²) in [7, 11) is 0. The van der Waals surface area contributed by atoms with E-state index in [4.69, 9.17) is 4.74 Å². The number of hydrogen-bond acceptors (Lipinski definition) is 2. The van der Waals surface area contributed by atoms with Crippen molar-refractivity contribution < 1.29 is 9.53 Å². The lowest BCUT2D eigenvalue weighted by Crippen LogP contribution is -2.27. The van der Waals surface area contributed by atoms with Crippen molar-refractivity contribution in [3.8, 4) is 5.75 Å². The summed E-state index contributed by atoms with van der Waals surface area (Å²) in [4.78, 5) is 12.8. The van der Waals surface area contributed by atoms with E-state index in [1.807, 2.05) is 25.1 Å². The predicted molar refractivity (Wildman–Crippen MR) is 49.8 cm³/mol. The highest BCUT2D eigenvalue weighted by atomic mass is 16.5. The zero-order valence-electron chi connectivity index (χ0n) is 7.70. The third-order valence-electron chi connectivity index (χ3n) is 2.14. The average Bonchev–Trinajstić information content (AvgIpc) is 2.46. The van der Waals surface area contributed by atoms with E-state index < -0.39 is 0 Å². The summed E-state index contributed by atoms with van der Waals surface area (Å²) < 4.78 is 5.36. The van der Waals surface area contributed by atoms with Crippen molar-refractivity contribution in [1.82, 2.24) is 0 Å². The molecule has 0 spiro atoms. The van der Waals surface area contributed by atoms with E-state index in [0.717, 1.165) is 17.0 Å². The van der Waals surface area contributed by atoms with Gasteiger partial charge in [0.15, 0.2) is 6.73 Å². The SMILES string of the molecule is CC(=O)N1COc2cc(C)ccc21. The van der Waals surface area contributed by atoms with Crippen LogP contribution in [-0.2, 0) is 4.79 Å². The lowest BCUT2D eigenvalue weighted by Gasteiger charge is -2.10. The Morgan fingerprint density at radius 1 is 1.54 bits per heavy atom. The number of carbonyl (C=O) groups is 1. The maximum absolute atomic E-state index is 11.1. The molecule has 1 aliphatic rings. The van der Waals surface area contributed by atoms with E-state index in [2.05, 4.69) is 0 Å². The maximum Gasteiger partial charge on any atom is 0.226 e. The standard InChI is InChI=1S/C10H11NO2/c1-7-3-4-9-10(5-7)13-6-11(9)8(2)12/h3-5H,6H2,1-2H3. The summed E-state index contributed by atoms with van der Waals surface area (Å²) >= 11 is 0. The highest BCUT2D eigenvalue weighted by Gasteiger charge is 2.22. The Balaban J connectivity index is 2.44.